The molecule has 0 fully saturated rings. The molecule has 0 unspecified atom stereocenters. The SMILES string of the molecule is COc1cc(C(c2c(C)[nH]n(-c3ccccc3Cl)c2=O)c2c(C)[nH]n(-c3ccccc3Cl)c2=O)ccc1OCC(C)C. The van der Waals surface area contributed by atoms with E-state index in [-0.39, 0.29) is 11.1 Å². The van der Waals surface area contributed by atoms with Crippen molar-refractivity contribution >= 4 is 23.2 Å². The maximum atomic E-state index is 14.2. The van der Waals surface area contributed by atoms with Crippen LogP contribution >= 0.6 is 23.2 Å². The molecule has 0 bridgehead atoms. The Balaban J connectivity index is 1.77. The molecule has 0 saturated heterocycles. The molecule has 5 aromatic rings. The highest BCUT2D eigenvalue weighted by molar-refractivity contribution is 6.32. The van der Waals surface area contributed by atoms with E-state index in [0.29, 0.717) is 73.5 Å². The Labute approximate surface area is 253 Å². The molecule has 8 nitrogen and oxygen atoms in total. The summed E-state index contributed by atoms with van der Waals surface area (Å²) in [5, 5.41) is 7.17. The number of H-pyrrole nitrogens is 2. The second-order valence-corrected chi connectivity index (χ2v) is 11.3. The molecule has 2 aromatic heterocycles. The van der Waals surface area contributed by atoms with Crippen molar-refractivity contribution in [1.82, 2.24) is 19.6 Å². The van der Waals surface area contributed by atoms with E-state index in [1.165, 1.54) is 9.36 Å². The number of halogens is 2. The van der Waals surface area contributed by atoms with Crippen LogP contribution in [0.1, 0.15) is 47.8 Å². The number of aromatic amines is 2. The van der Waals surface area contributed by atoms with Gasteiger partial charge in [-0.25, -0.2) is 9.36 Å². The number of methoxy groups -OCH3 is 1. The Bertz CT molecular complexity index is 1760. The number of benzene rings is 3. The lowest BCUT2D eigenvalue weighted by molar-refractivity contribution is 0.257. The first-order valence-corrected chi connectivity index (χ1v) is 14.3. The smallest absolute Gasteiger partial charge is 0.275 e. The normalized spacial score (nSPS) is 11.5. The predicted molar refractivity (Wildman–Crippen MR) is 167 cm³/mol. The predicted octanol–water partition coefficient (Wildman–Crippen LogP) is 6.79. The van der Waals surface area contributed by atoms with Gasteiger partial charge < -0.3 is 9.47 Å². The zero-order valence-corrected chi connectivity index (χ0v) is 25.5. The molecule has 218 valence electrons. The van der Waals surface area contributed by atoms with Gasteiger partial charge in [0.05, 0.1) is 46.3 Å². The van der Waals surface area contributed by atoms with Gasteiger partial charge in [-0.1, -0.05) is 67.4 Å². The standard InChI is InChI=1S/C32H32Cl2N4O4/c1-18(2)17-42-26-15-14-21(16-27(26)41-5)30(28-19(3)35-37(31(28)39)24-12-8-6-10-22(24)33)29-20(4)36-38(32(29)40)25-13-9-7-11-23(25)34/h6-16,18,30,35-36H,17H2,1-5H3. The molecule has 0 atom stereocenters. The number of nitrogens with zero attached hydrogens (tertiary/aromatic N) is 2. The first-order valence-electron chi connectivity index (χ1n) is 13.6. The zero-order chi connectivity index (χ0) is 30.1. The number of aromatic nitrogens is 4. The lowest BCUT2D eigenvalue weighted by atomic mass is 9.85. The van der Waals surface area contributed by atoms with Crippen LogP contribution in [0.25, 0.3) is 11.4 Å². The molecule has 0 aliphatic rings. The number of para-hydroxylation sites is 2. The summed E-state index contributed by atoms with van der Waals surface area (Å²) in [5.74, 6) is 0.626. The number of ether oxygens (including phenoxy) is 2. The first-order chi connectivity index (χ1) is 20.1. The van der Waals surface area contributed by atoms with Gasteiger partial charge in [0.2, 0.25) is 0 Å². The summed E-state index contributed by atoms with van der Waals surface area (Å²) in [7, 11) is 1.56. The van der Waals surface area contributed by atoms with Crippen molar-refractivity contribution in [3.63, 3.8) is 0 Å². The minimum Gasteiger partial charge on any atom is -0.493 e. The van der Waals surface area contributed by atoms with Crippen molar-refractivity contribution < 1.29 is 9.47 Å². The molecule has 42 heavy (non-hydrogen) atoms. The average molecular weight is 608 g/mol. The highest BCUT2D eigenvalue weighted by Crippen LogP contribution is 2.38. The largest absolute Gasteiger partial charge is 0.493 e. The molecule has 10 heteroatoms. The summed E-state index contributed by atoms with van der Waals surface area (Å²) in [5.41, 5.74) is 3.03. The lowest BCUT2D eigenvalue weighted by Crippen LogP contribution is -2.25. The van der Waals surface area contributed by atoms with Crippen LogP contribution < -0.4 is 20.6 Å². The second-order valence-electron chi connectivity index (χ2n) is 10.5. The fourth-order valence-electron chi connectivity index (χ4n) is 5.12. The van der Waals surface area contributed by atoms with E-state index in [9.17, 15) is 9.59 Å². The van der Waals surface area contributed by atoms with E-state index in [1.54, 1.807) is 55.6 Å². The summed E-state index contributed by atoms with van der Waals surface area (Å²) in [6.07, 6.45) is 0. The maximum Gasteiger partial charge on any atom is 0.275 e. The molecule has 0 saturated carbocycles. The molecule has 2 N–H and O–H groups in total. The molecule has 0 spiro atoms. The van der Waals surface area contributed by atoms with Gasteiger partial charge in [-0.15, -0.1) is 0 Å². The van der Waals surface area contributed by atoms with Crippen LogP contribution in [0, 0.1) is 19.8 Å². The first kappa shape index (κ1) is 29.4. The Morgan fingerprint density at radius 2 is 1.26 bits per heavy atom. The zero-order valence-electron chi connectivity index (χ0n) is 24.0. The van der Waals surface area contributed by atoms with Gasteiger partial charge in [-0.05, 0) is 61.7 Å². The van der Waals surface area contributed by atoms with Crippen molar-refractivity contribution in [1.29, 1.82) is 0 Å². The Morgan fingerprint density at radius 1 is 0.762 bits per heavy atom. The fourth-order valence-corrected chi connectivity index (χ4v) is 5.56. The second kappa shape index (κ2) is 12.0. The van der Waals surface area contributed by atoms with Crippen molar-refractivity contribution in [2.24, 2.45) is 5.92 Å². The van der Waals surface area contributed by atoms with Crippen LogP contribution in [0.2, 0.25) is 10.0 Å². The van der Waals surface area contributed by atoms with Crippen molar-refractivity contribution in [3.8, 4) is 22.9 Å². The third-order valence-electron chi connectivity index (χ3n) is 7.09. The van der Waals surface area contributed by atoms with Gasteiger partial charge in [-0.2, -0.15) is 0 Å². The lowest BCUT2D eigenvalue weighted by Gasteiger charge is -2.19. The number of hydrogen-bond donors (Lipinski definition) is 2. The third-order valence-corrected chi connectivity index (χ3v) is 7.73. The van der Waals surface area contributed by atoms with E-state index >= 15 is 0 Å². The molecule has 0 radical (unpaired) electrons. The number of aryl methyl sites for hydroxylation is 2. The fraction of sp³-hybridized carbons (Fsp3) is 0.250. The summed E-state index contributed by atoms with van der Waals surface area (Å²) in [6.45, 7) is 8.26. The van der Waals surface area contributed by atoms with Crippen LogP contribution in [0.15, 0.2) is 76.3 Å². The molecule has 0 aliphatic heterocycles. The van der Waals surface area contributed by atoms with Crippen molar-refractivity contribution in [2.75, 3.05) is 13.7 Å². The van der Waals surface area contributed by atoms with Crippen molar-refractivity contribution in [2.45, 2.75) is 33.6 Å². The molecule has 0 aliphatic carbocycles. The Kier molecular flexibility index (Phi) is 8.38. The van der Waals surface area contributed by atoms with E-state index in [2.05, 4.69) is 24.0 Å². The summed E-state index contributed by atoms with van der Waals surface area (Å²) in [6, 6.07) is 19.7. The van der Waals surface area contributed by atoms with Crippen LogP contribution in [0.5, 0.6) is 11.5 Å². The van der Waals surface area contributed by atoms with Crippen molar-refractivity contribution in [3.05, 3.63) is 126 Å². The molecule has 5 rings (SSSR count). The monoisotopic (exact) mass is 606 g/mol. The van der Waals surface area contributed by atoms with Crippen LogP contribution in [0.3, 0.4) is 0 Å². The molecule has 0 amide bonds. The van der Waals surface area contributed by atoms with Crippen LogP contribution in [-0.2, 0) is 0 Å². The average Bonchev–Trinajstić information content (AvgIpc) is 3.42. The molecular formula is C32H32Cl2N4O4. The van der Waals surface area contributed by atoms with E-state index < -0.39 is 5.92 Å². The van der Waals surface area contributed by atoms with Crippen LogP contribution in [0.4, 0.5) is 0 Å². The topological polar surface area (TPSA) is 94.0 Å². The van der Waals surface area contributed by atoms with E-state index in [4.69, 9.17) is 32.7 Å². The van der Waals surface area contributed by atoms with Gasteiger partial charge in [-0.3, -0.25) is 19.8 Å². The molecule has 3 aromatic carbocycles. The highest BCUT2D eigenvalue weighted by atomic mass is 35.5. The van der Waals surface area contributed by atoms with Gasteiger partial charge in [0.25, 0.3) is 11.1 Å². The number of nitrogens with one attached hydrogen (secondary N) is 2. The Hall–Kier alpha value is -4.14. The third kappa shape index (κ3) is 5.40. The van der Waals surface area contributed by atoms with E-state index in [0.717, 1.165) is 0 Å². The summed E-state index contributed by atoms with van der Waals surface area (Å²) >= 11 is 12.9. The van der Waals surface area contributed by atoms with E-state index in [1.807, 2.05) is 32.0 Å². The number of rotatable bonds is 9. The van der Waals surface area contributed by atoms with Crippen LogP contribution in [-0.4, -0.2) is 33.3 Å². The Morgan fingerprint density at radius 3 is 1.71 bits per heavy atom. The highest BCUT2D eigenvalue weighted by Gasteiger charge is 2.32. The molecular weight excluding hydrogens is 575 g/mol. The quantitative estimate of drug-likeness (QED) is 0.193. The van der Waals surface area contributed by atoms with Gasteiger partial charge in [0.15, 0.2) is 11.5 Å². The molecule has 2 heterocycles. The van der Waals surface area contributed by atoms with Gasteiger partial charge in [0, 0.05) is 17.3 Å². The minimum absolute atomic E-state index is 0.318. The van der Waals surface area contributed by atoms with Gasteiger partial charge >= 0.3 is 0 Å². The minimum atomic E-state index is -0.766. The summed E-state index contributed by atoms with van der Waals surface area (Å²) in [4.78, 5) is 28.3. The maximum absolute atomic E-state index is 14.2. The summed E-state index contributed by atoms with van der Waals surface area (Å²) < 4.78 is 14.5. The number of hydrogen-bond acceptors (Lipinski definition) is 4. The van der Waals surface area contributed by atoms with Gasteiger partial charge in [0.1, 0.15) is 0 Å².